The van der Waals surface area contributed by atoms with Crippen molar-refractivity contribution in [1.29, 1.82) is 0 Å². The van der Waals surface area contributed by atoms with E-state index < -0.39 is 6.36 Å². The van der Waals surface area contributed by atoms with Gasteiger partial charge in [-0.15, -0.1) is 37.1 Å². The number of guanidine groups is 1. The first kappa shape index (κ1) is 27.6. The van der Waals surface area contributed by atoms with Gasteiger partial charge in [0.1, 0.15) is 5.75 Å². The number of ether oxygens (including phenoxy) is 3. The van der Waals surface area contributed by atoms with Gasteiger partial charge in [-0.2, -0.15) is 0 Å². The zero-order valence-electron chi connectivity index (χ0n) is 17.7. The van der Waals surface area contributed by atoms with E-state index >= 15 is 0 Å². The van der Waals surface area contributed by atoms with E-state index in [2.05, 4.69) is 15.0 Å². The number of nitrogens with two attached hydrogens (primary N) is 1. The lowest BCUT2D eigenvalue weighted by Gasteiger charge is -2.16. The average molecular weight is 569 g/mol. The second-order valence-corrected chi connectivity index (χ2v) is 6.72. The van der Waals surface area contributed by atoms with E-state index in [1.807, 2.05) is 6.07 Å². The summed E-state index contributed by atoms with van der Waals surface area (Å²) < 4.78 is 51.0. The summed E-state index contributed by atoms with van der Waals surface area (Å²) in [5.41, 5.74) is 7.54. The van der Waals surface area contributed by atoms with E-state index in [4.69, 9.17) is 15.2 Å². The van der Waals surface area contributed by atoms with Gasteiger partial charge in [-0.05, 0) is 41.8 Å². The molecule has 0 bridgehead atoms. The minimum Gasteiger partial charge on any atom is -0.493 e. The van der Waals surface area contributed by atoms with Gasteiger partial charge in [0.15, 0.2) is 17.5 Å². The van der Waals surface area contributed by atoms with Crippen LogP contribution in [0.15, 0.2) is 47.5 Å². The molecule has 1 unspecified atom stereocenters. The van der Waals surface area contributed by atoms with Crippen LogP contribution in [-0.2, 0) is 13.0 Å². The molecule has 2 aromatic rings. The second-order valence-electron chi connectivity index (χ2n) is 6.72. The summed E-state index contributed by atoms with van der Waals surface area (Å²) in [6.45, 7) is 0.541. The van der Waals surface area contributed by atoms with E-state index in [0.717, 1.165) is 11.1 Å². The molecule has 0 saturated heterocycles. The molecule has 0 heterocycles. The minimum absolute atomic E-state index is 0. The van der Waals surface area contributed by atoms with Crippen LogP contribution < -0.4 is 25.3 Å². The van der Waals surface area contributed by atoms with Gasteiger partial charge in [0, 0.05) is 19.1 Å². The van der Waals surface area contributed by atoms with Crippen molar-refractivity contribution in [2.45, 2.75) is 19.3 Å². The molecule has 11 heteroatoms. The fourth-order valence-electron chi connectivity index (χ4n) is 2.82. The van der Waals surface area contributed by atoms with Crippen LogP contribution >= 0.6 is 24.0 Å². The third-order valence-corrected chi connectivity index (χ3v) is 4.39. The number of aliphatic hydroxyl groups is 1. The van der Waals surface area contributed by atoms with Crippen molar-refractivity contribution >= 4 is 29.9 Å². The molecule has 0 fully saturated rings. The lowest BCUT2D eigenvalue weighted by molar-refractivity contribution is -0.274. The highest BCUT2D eigenvalue weighted by Crippen LogP contribution is 2.27. The lowest BCUT2D eigenvalue weighted by atomic mass is 10.00. The monoisotopic (exact) mass is 569 g/mol. The van der Waals surface area contributed by atoms with Gasteiger partial charge in [0.2, 0.25) is 0 Å². The van der Waals surface area contributed by atoms with Crippen LogP contribution in [0.1, 0.15) is 11.1 Å². The fourth-order valence-corrected chi connectivity index (χ4v) is 2.82. The molecule has 7 nitrogen and oxygen atoms in total. The van der Waals surface area contributed by atoms with Crippen LogP contribution in [0, 0.1) is 5.92 Å². The molecule has 2 rings (SSSR count). The standard InChI is InChI=1S/C21H26F3N3O4.HI/c1-29-18-8-5-15(10-19(18)30-2)11-26-20(25)27-12-16(13-28)9-14-3-6-17(7-4-14)31-21(22,23)24;/h3-8,10,16,28H,9,11-13H2,1-2H3,(H3,25,26,27);1H. The van der Waals surface area contributed by atoms with Crippen molar-refractivity contribution < 1.29 is 32.5 Å². The van der Waals surface area contributed by atoms with Gasteiger partial charge in [0.25, 0.3) is 0 Å². The molecule has 0 spiro atoms. The number of hydrogen-bond donors (Lipinski definition) is 3. The predicted molar refractivity (Wildman–Crippen MR) is 126 cm³/mol. The summed E-state index contributed by atoms with van der Waals surface area (Å²) in [6.07, 6.45) is -4.29. The van der Waals surface area contributed by atoms with Gasteiger partial charge in [-0.25, -0.2) is 4.99 Å². The van der Waals surface area contributed by atoms with Crippen LogP contribution in [0.3, 0.4) is 0 Å². The molecule has 1 atom stereocenters. The number of aliphatic hydroxyl groups excluding tert-OH is 1. The maximum absolute atomic E-state index is 12.2. The normalized spacial score (nSPS) is 12.5. The Bertz CT molecular complexity index is 864. The quantitative estimate of drug-likeness (QED) is 0.231. The van der Waals surface area contributed by atoms with Gasteiger partial charge < -0.3 is 30.4 Å². The number of hydrogen-bond acceptors (Lipinski definition) is 5. The molecule has 0 aliphatic carbocycles. The zero-order chi connectivity index (χ0) is 22.9. The Morgan fingerprint density at radius 2 is 1.69 bits per heavy atom. The van der Waals surface area contributed by atoms with Crippen molar-refractivity contribution in [3.05, 3.63) is 53.6 Å². The van der Waals surface area contributed by atoms with E-state index in [1.165, 1.54) is 24.3 Å². The molecule has 4 N–H and O–H groups in total. The maximum Gasteiger partial charge on any atom is 0.573 e. The van der Waals surface area contributed by atoms with E-state index in [-0.39, 0.29) is 48.2 Å². The molecular weight excluding hydrogens is 542 g/mol. The van der Waals surface area contributed by atoms with Crippen molar-refractivity contribution in [3.8, 4) is 17.2 Å². The van der Waals surface area contributed by atoms with Crippen molar-refractivity contribution in [3.63, 3.8) is 0 Å². The van der Waals surface area contributed by atoms with Gasteiger partial charge >= 0.3 is 6.36 Å². The molecule has 0 saturated carbocycles. The first-order valence-electron chi connectivity index (χ1n) is 9.44. The largest absolute Gasteiger partial charge is 0.573 e. The molecule has 0 aliphatic heterocycles. The van der Waals surface area contributed by atoms with E-state index in [0.29, 0.717) is 31.0 Å². The SMILES string of the molecule is COc1ccc(CN=C(N)NCC(CO)Cc2ccc(OC(F)(F)F)cc2)cc1OC.I. The highest BCUT2D eigenvalue weighted by atomic mass is 127. The average Bonchev–Trinajstić information content (AvgIpc) is 2.75. The molecule has 2 aromatic carbocycles. The molecule has 0 radical (unpaired) electrons. The van der Waals surface area contributed by atoms with Crippen LogP contribution in [0.25, 0.3) is 0 Å². The molecular formula is C21H27F3IN3O4. The second kappa shape index (κ2) is 13.2. The zero-order valence-corrected chi connectivity index (χ0v) is 20.0. The van der Waals surface area contributed by atoms with Crippen LogP contribution in [0.2, 0.25) is 0 Å². The smallest absolute Gasteiger partial charge is 0.493 e. The van der Waals surface area contributed by atoms with Crippen LogP contribution in [0.4, 0.5) is 13.2 Å². The number of aliphatic imine (C=N–C) groups is 1. The fraction of sp³-hybridized carbons (Fsp3) is 0.381. The molecule has 0 aromatic heterocycles. The highest BCUT2D eigenvalue weighted by Gasteiger charge is 2.30. The topological polar surface area (TPSA) is 98.3 Å². The van der Waals surface area contributed by atoms with E-state index in [1.54, 1.807) is 26.4 Å². The third kappa shape index (κ3) is 9.39. The van der Waals surface area contributed by atoms with Gasteiger partial charge in [0.05, 0.1) is 20.8 Å². The summed E-state index contributed by atoms with van der Waals surface area (Å²) in [7, 11) is 3.10. The van der Waals surface area contributed by atoms with Gasteiger partial charge in [-0.3, -0.25) is 0 Å². The first-order valence-corrected chi connectivity index (χ1v) is 9.44. The Labute approximate surface area is 201 Å². The number of methoxy groups -OCH3 is 2. The van der Waals surface area contributed by atoms with Crippen molar-refractivity contribution in [1.82, 2.24) is 5.32 Å². The van der Waals surface area contributed by atoms with Crippen LogP contribution in [-0.4, -0.2) is 44.8 Å². The Balaban J connectivity index is 0.00000512. The number of alkyl halides is 3. The number of halogens is 4. The first-order chi connectivity index (χ1) is 14.7. The number of benzene rings is 2. The predicted octanol–water partition coefficient (Wildman–Crippen LogP) is 3.48. The summed E-state index contributed by atoms with van der Waals surface area (Å²) in [6, 6.07) is 11.0. The molecule has 0 aliphatic rings. The molecule has 32 heavy (non-hydrogen) atoms. The maximum atomic E-state index is 12.2. The Morgan fingerprint density at radius 3 is 2.25 bits per heavy atom. The van der Waals surface area contributed by atoms with Gasteiger partial charge in [-0.1, -0.05) is 18.2 Å². The number of rotatable bonds is 10. The van der Waals surface area contributed by atoms with Crippen molar-refractivity contribution in [2.24, 2.45) is 16.6 Å². The number of nitrogens with one attached hydrogen (secondary N) is 1. The summed E-state index contributed by atoms with van der Waals surface area (Å²) >= 11 is 0. The summed E-state index contributed by atoms with van der Waals surface area (Å²) in [5.74, 6) is 0.923. The summed E-state index contributed by atoms with van der Waals surface area (Å²) in [4.78, 5) is 4.27. The highest BCUT2D eigenvalue weighted by molar-refractivity contribution is 14.0. The third-order valence-electron chi connectivity index (χ3n) is 4.39. The molecule has 0 amide bonds. The Hall–Kier alpha value is -2.41. The lowest BCUT2D eigenvalue weighted by Crippen LogP contribution is -2.37. The minimum atomic E-state index is -4.73. The summed E-state index contributed by atoms with van der Waals surface area (Å²) in [5, 5.41) is 12.6. The van der Waals surface area contributed by atoms with Crippen LogP contribution in [0.5, 0.6) is 17.2 Å². The van der Waals surface area contributed by atoms with Crippen molar-refractivity contribution in [2.75, 3.05) is 27.4 Å². The Kier molecular flexibility index (Phi) is 11.4. The molecule has 178 valence electrons. The van der Waals surface area contributed by atoms with E-state index in [9.17, 15) is 18.3 Å². The Morgan fingerprint density at radius 1 is 1.06 bits per heavy atom. The number of nitrogens with zero attached hydrogens (tertiary/aromatic N) is 1.